The number of anilines is 2. The molecule has 0 heterocycles. The van der Waals surface area contributed by atoms with Gasteiger partial charge < -0.3 is 10.6 Å². The van der Waals surface area contributed by atoms with Crippen molar-refractivity contribution in [2.45, 2.75) is 33.6 Å². The number of hydrogen-bond donors (Lipinski definition) is 2. The molecule has 2 N–H and O–H groups in total. The second-order valence-electron chi connectivity index (χ2n) is 8.22. The summed E-state index contributed by atoms with van der Waals surface area (Å²) in [7, 11) is -11.2. The molecule has 0 unspecified atom stereocenters. The van der Waals surface area contributed by atoms with Crippen LogP contribution in [0.15, 0.2) is 82.6 Å². The molecule has 0 fully saturated rings. The van der Waals surface area contributed by atoms with Crippen LogP contribution in [0.5, 0.6) is 0 Å². The molecule has 0 aliphatic rings. The predicted octanol–water partition coefficient (Wildman–Crippen LogP) is 4.64. The van der Waals surface area contributed by atoms with Gasteiger partial charge in [-0.05, 0) is 47.5 Å². The third-order valence-electron chi connectivity index (χ3n) is 5.22. The maximum absolute atomic E-state index is 12.8. The lowest BCUT2D eigenvalue weighted by molar-refractivity contribution is -0.116. The zero-order valence-electron chi connectivity index (χ0n) is 19.9. The monoisotopic (exact) mass is 608 g/mol. The summed E-state index contributed by atoms with van der Waals surface area (Å²) in [4.78, 5) is 22.5. The van der Waals surface area contributed by atoms with Gasteiger partial charge >= 0.3 is 11.0 Å². The van der Waals surface area contributed by atoms with Crippen LogP contribution in [0.1, 0.15) is 11.1 Å². The van der Waals surface area contributed by atoms with E-state index in [1.165, 1.54) is 36.4 Å². The number of carbonyl (C=O) groups excluding carboxylic acids is 2. The van der Waals surface area contributed by atoms with E-state index in [0.29, 0.717) is 23.3 Å². The van der Waals surface area contributed by atoms with Crippen molar-refractivity contribution >= 4 is 42.9 Å². The highest BCUT2D eigenvalue weighted by molar-refractivity contribution is 7.92. The third-order valence-corrected chi connectivity index (χ3v) is 8.19. The van der Waals surface area contributed by atoms with Gasteiger partial charge in [0.15, 0.2) is 0 Å². The highest BCUT2D eigenvalue weighted by Gasteiger charge is 2.47. The number of benzene rings is 3. The summed E-state index contributed by atoms with van der Waals surface area (Å²) < 4.78 is 123. The van der Waals surface area contributed by atoms with Crippen molar-refractivity contribution in [3.8, 4) is 0 Å². The quantitative estimate of drug-likeness (QED) is 0.359. The Hall–Kier alpha value is -3.92. The van der Waals surface area contributed by atoms with Crippen LogP contribution in [0.4, 0.5) is 37.7 Å². The first-order valence-corrected chi connectivity index (χ1v) is 13.9. The standard InChI is InChI=1S/C24H18F6N2O6S2/c25-23(26,27)39(35,36)19-5-1-3-17(13-19)31-21(33)11-15-7-9-16(10-8-15)12-22(34)32-18-4-2-6-20(14-18)40(37,38)24(28,29)30/h1-10,13-14H,11-12H2,(H,31,33)(H,32,34). The summed E-state index contributed by atoms with van der Waals surface area (Å²) in [5, 5.41) is 4.61. The molecule has 0 radical (unpaired) electrons. The van der Waals surface area contributed by atoms with Gasteiger partial charge in [0, 0.05) is 11.4 Å². The summed E-state index contributed by atoms with van der Waals surface area (Å²) in [6.07, 6.45) is -0.494. The van der Waals surface area contributed by atoms with Gasteiger partial charge in [-0.3, -0.25) is 9.59 Å². The fraction of sp³-hybridized carbons (Fsp3) is 0.167. The highest BCUT2D eigenvalue weighted by Crippen LogP contribution is 2.32. The number of hydrogen-bond acceptors (Lipinski definition) is 6. The minimum atomic E-state index is -5.60. The van der Waals surface area contributed by atoms with Gasteiger partial charge in [0.1, 0.15) is 0 Å². The lowest BCUT2D eigenvalue weighted by atomic mass is 10.1. The minimum Gasteiger partial charge on any atom is -0.326 e. The van der Waals surface area contributed by atoms with Crippen LogP contribution in [0.2, 0.25) is 0 Å². The molecule has 0 aromatic heterocycles. The van der Waals surface area contributed by atoms with Crippen LogP contribution in [0, 0.1) is 0 Å². The van der Waals surface area contributed by atoms with Crippen molar-refractivity contribution in [2.75, 3.05) is 10.6 Å². The Morgan fingerprint density at radius 3 is 1.20 bits per heavy atom. The minimum absolute atomic E-state index is 0.171. The summed E-state index contributed by atoms with van der Waals surface area (Å²) in [6.45, 7) is 0. The second-order valence-corrected chi connectivity index (χ2v) is 12.1. The molecule has 0 atom stereocenters. The van der Waals surface area contributed by atoms with Crippen molar-refractivity contribution < 1.29 is 52.8 Å². The molecule has 0 spiro atoms. The SMILES string of the molecule is O=C(Cc1ccc(CC(=O)Nc2cccc(S(=O)(=O)C(F)(F)F)c2)cc1)Nc1cccc(S(=O)(=O)C(F)(F)F)c1. The molecular formula is C24H18F6N2O6S2. The van der Waals surface area contributed by atoms with Gasteiger partial charge in [0.2, 0.25) is 11.8 Å². The molecule has 3 aromatic carbocycles. The van der Waals surface area contributed by atoms with E-state index in [0.717, 1.165) is 24.3 Å². The first-order chi connectivity index (χ1) is 18.4. The van der Waals surface area contributed by atoms with E-state index in [1.807, 2.05) is 0 Å². The number of nitrogens with one attached hydrogen (secondary N) is 2. The topological polar surface area (TPSA) is 126 Å². The zero-order chi connectivity index (χ0) is 29.9. The van der Waals surface area contributed by atoms with Crippen LogP contribution >= 0.6 is 0 Å². The molecule has 3 aromatic rings. The summed E-state index contributed by atoms with van der Waals surface area (Å²) in [5.74, 6) is -1.33. The molecule has 8 nitrogen and oxygen atoms in total. The van der Waals surface area contributed by atoms with Crippen molar-refractivity contribution in [3.05, 3.63) is 83.9 Å². The number of rotatable bonds is 8. The smallest absolute Gasteiger partial charge is 0.326 e. The summed E-state index contributed by atoms with van der Waals surface area (Å²) >= 11 is 0. The Morgan fingerprint density at radius 1 is 0.575 bits per heavy atom. The average molecular weight is 609 g/mol. The first kappa shape index (κ1) is 30.6. The molecule has 0 aliphatic heterocycles. The fourth-order valence-corrected chi connectivity index (χ4v) is 4.92. The number of sulfone groups is 2. The molecule has 16 heteroatoms. The van der Waals surface area contributed by atoms with Crippen LogP contribution in [-0.4, -0.2) is 39.7 Å². The van der Waals surface area contributed by atoms with Crippen molar-refractivity contribution in [1.82, 2.24) is 0 Å². The average Bonchev–Trinajstić information content (AvgIpc) is 2.84. The molecule has 3 rings (SSSR count). The Kier molecular flexibility index (Phi) is 8.64. The maximum Gasteiger partial charge on any atom is 0.501 e. The zero-order valence-corrected chi connectivity index (χ0v) is 21.5. The van der Waals surface area contributed by atoms with E-state index in [9.17, 15) is 52.8 Å². The van der Waals surface area contributed by atoms with Gasteiger partial charge in [-0.15, -0.1) is 0 Å². The highest BCUT2D eigenvalue weighted by atomic mass is 32.2. The van der Waals surface area contributed by atoms with Crippen LogP contribution in [-0.2, 0) is 42.1 Å². The van der Waals surface area contributed by atoms with Crippen molar-refractivity contribution in [2.24, 2.45) is 0 Å². The largest absolute Gasteiger partial charge is 0.501 e. The van der Waals surface area contributed by atoms with Crippen LogP contribution in [0.3, 0.4) is 0 Å². The van der Waals surface area contributed by atoms with Gasteiger partial charge in [-0.1, -0.05) is 36.4 Å². The van der Waals surface area contributed by atoms with E-state index < -0.39 is 52.3 Å². The Balaban J connectivity index is 1.60. The molecule has 0 saturated heterocycles. The molecule has 40 heavy (non-hydrogen) atoms. The normalized spacial score (nSPS) is 12.6. The van der Waals surface area contributed by atoms with Crippen LogP contribution in [0.25, 0.3) is 0 Å². The van der Waals surface area contributed by atoms with E-state index in [-0.39, 0.29) is 24.2 Å². The molecular weight excluding hydrogens is 590 g/mol. The Labute approximate surface area is 223 Å². The lowest BCUT2D eigenvalue weighted by Crippen LogP contribution is -2.23. The molecule has 0 bridgehead atoms. The Morgan fingerprint density at radius 2 is 0.900 bits per heavy atom. The van der Waals surface area contributed by atoms with E-state index in [1.54, 1.807) is 0 Å². The van der Waals surface area contributed by atoms with E-state index in [4.69, 9.17) is 0 Å². The van der Waals surface area contributed by atoms with Gasteiger partial charge in [0.05, 0.1) is 22.6 Å². The van der Waals surface area contributed by atoms with E-state index >= 15 is 0 Å². The van der Waals surface area contributed by atoms with Crippen molar-refractivity contribution in [1.29, 1.82) is 0 Å². The second kappa shape index (κ2) is 11.3. The maximum atomic E-state index is 12.8. The van der Waals surface area contributed by atoms with Crippen LogP contribution < -0.4 is 10.6 Å². The summed E-state index contributed by atoms with van der Waals surface area (Å²) in [5.41, 5.74) is -10.5. The lowest BCUT2D eigenvalue weighted by Gasteiger charge is -2.11. The van der Waals surface area contributed by atoms with Crippen molar-refractivity contribution in [3.63, 3.8) is 0 Å². The van der Waals surface area contributed by atoms with Gasteiger partial charge in [-0.25, -0.2) is 16.8 Å². The number of alkyl halides is 6. The number of amides is 2. The third kappa shape index (κ3) is 7.18. The van der Waals surface area contributed by atoms with Gasteiger partial charge in [0.25, 0.3) is 19.7 Å². The molecule has 214 valence electrons. The van der Waals surface area contributed by atoms with Gasteiger partial charge in [-0.2, -0.15) is 26.3 Å². The summed E-state index contributed by atoms with van der Waals surface area (Å²) in [6, 6.07) is 13.3. The van der Waals surface area contributed by atoms with E-state index in [2.05, 4.69) is 10.6 Å². The number of halogens is 6. The fourth-order valence-electron chi connectivity index (χ4n) is 3.31. The molecule has 0 aliphatic carbocycles. The first-order valence-electron chi connectivity index (χ1n) is 10.9. The molecule has 0 saturated carbocycles. The Bertz CT molecular complexity index is 1510. The number of carbonyl (C=O) groups is 2. The molecule has 2 amide bonds. The predicted molar refractivity (Wildman–Crippen MR) is 130 cm³/mol.